The summed E-state index contributed by atoms with van der Waals surface area (Å²) < 4.78 is 33.7. The number of hydrogen-bond donors (Lipinski definition) is 2. The highest BCUT2D eigenvalue weighted by atomic mass is 19.1. The van der Waals surface area contributed by atoms with Crippen LogP contribution in [-0.4, -0.2) is 52.6 Å². The molecule has 2 N–H and O–H groups in total. The lowest BCUT2D eigenvalue weighted by Crippen LogP contribution is -2.27. The van der Waals surface area contributed by atoms with E-state index in [0.717, 1.165) is 0 Å². The lowest BCUT2D eigenvalue weighted by atomic mass is 10.0. The third-order valence-electron chi connectivity index (χ3n) is 5.51. The molecule has 0 aliphatic heterocycles. The number of fused-ring (bicyclic) bond motifs is 1. The Balaban J connectivity index is 1.64. The van der Waals surface area contributed by atoms with Gasteiger partial charge in [0.25, 0.3) is 11.8 Å². The molecule has 0 radical (unpaired) electrons. The number of pyridine rings is 1. The summed E-state index contributed by atoms with van der Waals surface area (Å²) in [4.78, 5) is 31.0. The Kier molecular flexibility index (Phi) is 6.72. The van der Waals surface area contributed by atoms with Gasteiger partial charge in [0.05, 0.1) is 29.3 Å². The molecule has 4 aromatic rings. The monoisotopic (exact) mass is 479 g/mol. The van der Waals surface area contributed by atoms with Gasteiger partial charge in [0, 0.05) is 26.2 Å². The number of hydrogen-bond acceptors (Lipinski definition) is 5. The summed E-state index contributed by atoms with van der Waals surface area (Å²) in [5.74, 6) is -1.81. The minimum absolute atomic E-state index is 0.114. The molecule has 2 amide bonds. The molecule has 2 aromatic carbocycles. The van der Waals surface area contributed by atoms with Crippen molar-refractivity contribution in [2.75, 3.05) is 20.7 Å². The van der Waals surface area contributed by atoms with Crippen LogP contribution in [0.3, 0.4) is 0 Å². The summed E-state index contributed by atoms with van der Waals surface area (Å²) >= 11 is 0. The Morgan fingerprint density at radius 1 is 1.11 bits per heavy atom. The van der Waals surface area contributed by atoms with Crippen molar-refractivity contribution < 1.29 is 23.1 Å². The number of nitrogens with one attached hydrogen (secondary N) is 2. The van der Waals surface area contributed by atoms with E-state index in [1.807, 2.05) is 0 Å². The van der Waals surface area contributed by atoms with Gasteiger partial charge >= 0.3 is 0 Å². The number of H-pyrrole nitrogens is 1. The molecule has 0 aliphatic rings. The summed E-state index contributed by atoms with van der Waals surface area (Å²) in [6, 6.07) is 10.2. The second-order valence-electron chi connectivity index (χ2n) is 7.78. The summed E-state index contributed by atoms with van der Waals surface area (Å²) in [7, 11) is 3.03. The molecule has 2 aromatic heterocycles. The van der Waals surface area contributed by atoms with Gasteiger partial charge in [-0.1, -0.05) is 12.1 Å². The SMILES string of the molecule is CCOc1nc(C(=O)N(C)Cc2ccc(F)c3cn[nH]c23)ccc1-c1ccc(F)c(C(=O)NC)c1. The van der Waals surface area contributed by atoms with Crippen LogP contribution in [0, 0.1) is 11.6 Å². The fourth-order valence-corrected chi connectivity index (χ4v) is 3.74. The van der Waals surface area contributed by atoms with Gasteiger partial charge in [-0.05, 0) is 48.4 Å². The number of carbonyl (C=O) groups is 2. The van der Waals surface area contributed by atoms with E-state index in [-0.39, 0.29) is 36.2 Å². The van der Waals surface area contributed by atoms with Gasteiger partial charge in [-0.15, -0.1) is 0 Å². The normalized spacial score (nSPS) is 10.9. The predicted octanol–water partition coefficient (Wildman–Crippen LogP) is 3.93. The van der Waals surface area contributed by atoms with Gasteiger partial charge in [-0.25, -0.2) is 13.8 Å². The first-order chi connectivity index (χ1) is 16.8. The highest BCUT2D eigenvalue weighted by Gasteiger charge is 2.20. The second kappa shape index (κ2) is 9.88. The van der Waals surface area contributed by atoms with Crippen LogP contribution in [0.1, 0.15) is 33.3 Å². The van der Waals surface area contributed by atoms with Gasteiger partial charge < -0.3 is 15.0 Å². The fraction of sp³-hybridized carbons (Fsp3) is 0.200. The number of rotatable bonds is 7. The molecule has 0 atom stereocenters. The standard InChI is InChI=1S/C25H23F2N5O3/c1-4-35-24-16(14-5-8-19(26)17(11-14)23(33)28-2)7-10-21(30-24)25(34)32(3)13-15-6-9-20(27)18-12-29-31-22(15)18/h5-12H,4,13H2,1-3H3,(H,28,33)(H,29,31). The molecule has 2 heterocycles. The van der Waals surface area contributed by atoms with Crippen molar-refractivity contribution in [1.82, 2.24) is 25.4 Å². The maximum atomic E-state index is 14.1. The first-order valence-corrected chi connectivity index (χ1v) is 10.9. The van der Waals surface area contributed by atoms with E-state index in [0.29, 0.717) is 27.6 Å². The van der Waals surface area contributed by atoms with Crippen molar-refractivity contribution in [3.8, 4) is 17.0 Å². The topological polar surface area (TPSA) is 100 Å². The lowest BCUT2D eigenvalue weighted by molar-refractivity contribution is 0.0778. The van der Waals surface area contributed by atoms with Crippen molar-refractivity contribution in [1.29, 1.82) is 0 Å². The third-order valence-corrected chi connectivity index (χ3v) is 5.51. The number of aromatic nitrogens is 3. The summed E-state index contributed by atoms with van der Waals surface area (Å²) in [6.45, 7) is 2.25. The Morgan fingerprint density at radius 2 is 1.89 bits per heavy atom. The van der Waals surface area contributed by atoms with E-state index in [2.05, 4.69) is 20.5 Å². The second-order valence-corrected chi connectivity index (χ2v) is 7.78. The minimum atomic E-state index is -0.653. The van der Waals surface area contributed by atoms with Crippen LogP contribution in [0.25, 0.3) is 22.0 Å². The highest BCUT2D eigenvalue weighted by Crippen LogP contribution is 2.31. The van der Waals surface area contributed by atoms with Crippen LogP contribution < -0.4 is 10.1 Å². The van der Waals surface area contributed by atoms with Crippen molar-refractivity contribution in [3.63, 3.8) is 0 Å². The maximum Gasteiger partial charge on any atom is 0.272 e. The van der Waals surface area contributed by atoms with Crippen LogP contribution in [0.5, 0.6) is 5.88 Å². The zero-order chi connectivity index (χ0) is 25.1. The van der Waals surface area contributed by atoms with Crippen molar-refractivity contribution in [2.45, 2.75) is 13.5 Å². The molecule has 35 heavy (non-hydrogen) atoms. The van der Waals surface area contributed by atoms with Gasteiger partial charge in [-0.2, -0.15) is 5.10 Å². The largest absolute Gasteiger partial charge is 0.478 e. The summed E-state index contributed by atoms with van der Waals surface area (Å²) in [5, 5.41) is 9.41. The number of aromatic amines is 1. The minimum Gasteiger partial charge on any atom is -0.478 e. The first kappa shape index (κ1) is 23.8. The quantitative estimate of drug-likeness (QED) is 0.418. The zero-order valence-corrected chi connectivity index (χ0v) is 19.4. The molecule has 0 saturated heterocycles. The number of ether oxygens (including phenoxy) is 1. The third kappa shape index (κ3) is 4.68. The van der Waals surface area contributed by atoms with E-state index in [9.17, 15) is 18.4 Å². The predicted molar refractivity (Wildman–Crippen MR) is 126 cm³/mol. The Morgan fingerprint density at radius 3 is 2.63 bits per heavy atom. The average Bonchev–Trinajstić information content (AvgIpc) is 3.37. The van der Waals surface area contributed by atoms with Crippen molar-refractivity contribution in [2.24, 2.45) is 0 Å². The molecule has 180 valence electrons. The molecule has 0 spiro atoms. The number of halogens is 2. The van der Waals surface area contributed by atoms with Gasteiger partial charge in [0.15, 0.2) is 0 Å². The van der Waals surface area contributed by atoms with Crippen molar-refractivity contribution >= 4 is 22.7 Å². The Hall–Kier alpha value is -4.34. The average molecular weight is 479 g/mol. The van der Waals surface area contributed by atoms with Gasteiger partial charge in [0.2, 0.25) is 5.88 Å². The van der Waals surface area contributed by atoms with Crippen molar-refractivity contribution in [3.05, 3.63) is 77.1 Å². The Labute approximate surface area is 199 Å². The number of amides is 2. The molecule has 0 bridgehead atoms. The van der Waals surface area contributed by atoms with E-state index >= 15 is 0 Å². The molecule has 0 fully saturated rings. The van der Waals surface area contributed by atoms with E-state index in [1.165, 1.54) is 48.5 Å². The Bertz CT molecular complexity index is 1420. The number of nitrogens with zero attached hydrogens (tertiary/aromatic N) is 3. The van der Waals surface area contributed by atoms with E-state index < -0.39 is 17.5 Å². The maximum absolute atomic E-state index is 14.1. The van der Waals surface area contributed by atoms with Gasteiger partial charge in [0.1, 0.15) is 17.3 Å². The highest BCUT2D eigenvalue weighted by molar-refractivity contribution is 5.96. The number of carbonyl (C=O) groups excluding carboxylic acids is 2. The van der Waals surface area contributed by atoms with Crippen LogP contribution in [0.4, 0.5) is 8.78 Å². The molecule has 4 rings (SSSR count). The lowest BCUT2D eigenvalue weighted by Gasteiger charge is -2.18. The first-order valence-electron chi connectivity index (χ1n) is 10.9. The van der Waals surface area contributed by atoms with Crippen LogP contribution in [0.15, 0.2) is 48.7 Å². The van der Waals surface area contributed by atoms with Gasteiger partial charge in [-0.3, -0.25) is 14.7 Å². The van der Waals surface area contributed by atoms with E-state index in [1.54, 1.807) is 26.1 Å². The molecule has 10 heteroatoms. The molecule has 8 nitrogen and oxygen atoms in total. The van der Waals surface area contributed by atoms with Crippen LogP contribution in [0.2, 0.25) is 0 Å². The summed E-state index contributed by atoms with van der Waals surface area (Å²) in [6.07, 6.45) is 1.40. The molecule has 0 unspecified atom stereocenters. The van der Waals surface area contributed by atoms with Crippen LogP contribution in [-0.2, 0) is 6.54 Å². The molecular formula is C25H23F2N5O3. The molecular weight excluding hydrogens is 456 g/mol. The summed E-state index contributed by atoms with van der Waals surface area (Å²) in [5.41, 5.74) is 2.26. The molecule has 0 aliphatic carbocycles. The smallest absolute Gasteiger partial charge is 0.272 e. The van der Waals surface area contributed by atoms with E-state index in [4.69, 9.17) is 4.74 Å². The number of benzene rings is 2. The zero-order valence-electron chi connectivity index (χ0n) is 19.4. The fourth-order valence-electron chi connectivity index (χ4n) is 3.74. The molecule has 0 saturated carbocycles. The van der Waals surface area contributed by atoms with Crippen LogP contribution >= 0.6 is 0 Å².